The number of aromatic nitrogens is 2. The third-order valence-electron chi connectivity index (χ3n) is 8.64. The number of hydrogen-bond donors (Lipinski definition) is 3. The molecule has 3 heterocycles. The zero-order chi connectivity index (χ0) is 32.3. The van der Waals surface area contributed by atoms with Crippen molar-refractivity contribution in [3.05, 3.63) is 77.2 Å². The molecule has 11 nitrogen and oxygen atoms in total. The maximum atomic E-state index is 12.8. The third-order valence-corrected chi connectivity index (χ3v) is 8.64. The zero-order valence-corrected chi connectivity index (χ0v) is 26.0. The van der Waals surface area contributed by atoms with E-state index in [0.717, 1.165) is 72.5 Å². The minimum Gasteiger partial charge on any atom is -0.404 e. The van der Waals surface area contributed by atoms with E-state index >= 15 is 0 Å². The van der Waals surface area contributed by atoms with Crippen LogP contribution in [0.1, 0.15) is 78.5 Å². The van der Waals surface area contributed by atoms with E-state index in [1.54, 1.807) is 12.4 Å². The van der Waals surface area contributed by atoms with Crippen molar-refractivity contribution in [2.45, 2.75) is 76.4 Å². The van der Waals surface area contributed by atoms with E-state index in [9.17, 15) is 19.2 Å². The van der Waals surface area contributed by atoms with E-state index in [0.29, 0.717) is 50.2 Å². The van der Waals surface area contributed by atoms with E-state index in [-0.39, 0.29) is 23.8 Å². The van der Waals surface area contributed by atoms with Crippen LogP contribution in [-0.4, -0.2) is 70.3 Å². The summed E-state index contributed by atoms with van der Waals surface area (Å²) in [6, 6.07) is 13.2. The highest BCUT2D eigenvalue weighted by molar-refractivity contribution is 6.09. The summed E-state index contributed by atoms with van der Waals surface area (Å²) in [5.74, 6) is -0.388. The Balaban J connectivity index is 0.994. The van der Waals surface area contributed by atoms with Crippen molar-refractivity contribution in [1.29, 1.82) is 0 Å². The molecular formula is C35H41N7O4. The molecule has 1 unspecified atom stereocenters. The smallest absolute Gasteiger partial charge is 0.243 e. The maximum Gasteiger partial charge on any atom is 0.243 e. The number of aldehydes is 1. The van der Waals surface area contributed by atoms with Crippen LogP contribution < -0.4 is 16.4 Å². The molecule has 0 aliphatic carbocycles. The van der Waals surface area contributed by atoms with Gasteiger partial charge >= 0.3 is 0 Å². The van der Waals surface area contributed by atoms with Crippen molar-refractivity contribution >= 4 is 46.8 Å². The Labute approximate surface area is 268 Å². The summed E-state index contributed by atoms with van der Waals surface area (Å²) in [7, 11) is 0. The molecule has 2 fully saturated rings. The number of nitrogens with zero attached hydrogens (tertiary/aromatic N) is 4. The van der Waals surface area contributed by atoms with Crippen LogP contribution in [0.25, 0.3) is 16.6 Å². The van der Waals surface area contributed by atoms with Crippen LogP contribution in [0.3, 0.4) is 0 Å². The lowest BCUT2D eigenvalue weighted by atomic mass is 9.99. The summed E-state index contributed by atoms with van der Waals surface area (Å²) in [6.45, 7) is 1.76. The Morgan fingerprint density at radius 2 is 1.87 bits per heavy atom. The molecule has 3 aromatic rings. The summed E-state index contributed by atoms with van der Waals surface area (Å²) >= 11 is 0. The number of fused-ring (bicyclic) bond motifs is 1. The first-order valence-corrected chi connectivity index (χ1v) is 16.0. The van der Waals surface area contributed by atoms with E-state index < -0.39 is 6.04 Å². The van der Waals surface area contributed by atoms with Gasteiger partial charge in [-0.2, -0.15) is 0 Å². The van der Waals surface area contributed by atoms with Gasteiger partial charge in [0.1, 0.15) is 6.29 Å². The van der Waals surface area contributed by atoms with Crippen LogP contribution in [-0.2, 0) is 27.3 Å². The number of aryl methyl sites for hydroxylation is 1. The molecule has 1 aromatic heterocycles. The molecule has 0 saturated carbocycles. The molecule has 46 heavy (non-hydrogen) atoms. The first-order chi connectivity index (χ1) is 22.4. The predicted molar refractivity (Wildman–Crippen MR) is 177 cm³/mol. The molecule has 0 spiro atoms. The number of benzene rings is 2. The maximum absolute atomic E-state index is 12.8. The summed E-state index contributed by atoms with van der Waals surface area (Å²) in [4.78, 5) is 63.7. The van der Waals surface area contributed by atoms with Crippen molar-refractivity contribution in [3.63, 3.8) is 0 Å². The molecule has 2 saturated heterocycles. The Bertz CT molecular complexity index is 1630. The summed E-state index contributed by atoms with van der Waals surface area (Å²) in [5, 5.41) is 5.48. The molecule has 1 atom stereocenters. The first kappa shape index (κ1) is 32.6. The SMILES string of the molecule is NC=C(C=NC1CCN(C(=O)CCCCCc2ccc(CNC3CCC(=O)NC3=O)c(C=O)c2)CC1)c1cnc2ccccc2n1. The fourth-order valence-corrected chi connectivity index (χ4v) is 5.87. The highest BCUT2D eigenvalue weighted by Gasteiger charge is 2.26. The molecule has 0 radical (unpaired) electrons. The van der Waals surface area contributed by atoms with Gasteiger partial charge in [-0.3, -0.25) is 34.5 Å². The van der Waals surface area contributed by atoms with Crippen LogP contribution in [0.4, 0.5) is 0 Å². The summed E-state index contributed by atoms with van der Waals surface area (Å²) in [5.41, 5.74) is 11.4. The van der Waals surface area contributed by atoms with Crippen LogP contribution in [0.5, 0.6) is 0 Å². The number of rotatable bonds is 13. The van der Waals surface area contributed by atoms with Gasteiger partial charge in [0.25, 0.3) is 0 Å². The van der Waals surface area contributed by atoms with Gasteiger partial charge in [-0.25, -0.2) is 4.98 Å². The number of hydrogen-bond acceptors (Lipinski definition) is 9. The zero-order valence-electron chi connectivity index (χ0n) is 26.0. The van der Waals surface area contributed by atoms with Crippen LogP contribution in [0.2, 0.25) is 0 Å². The second-order valence-corrected chi connectivity index (χ2v) is 11.9. The largest absolute Gasteiger partial charge is 0.404 e. The minimum atomic E-state index is -0.441. The van der Waals surface area contributed by atoms with Crippen LogP contribution in [0.15, 0.2) is 59.9 Å². The van der Waals surface area contributed by atoms with E-state index in [2.05, 4.69) is 20.6 Å². The number of aliphatic imine (C=N–C) groups is 1. The number of amides is 3. The topological polar surface area (TPSA) is 160 Å². The number of nitrogens with two attached hydrogens (primary N) is 1. The normalized spacial score (nSPS) is 17.9. The van der Waals surface area contributed by atoms with Crippen LogP contribution in [0, 0.1) is 0 Å². The quantitative estimate of drug-likeness (QED) is 0.113. The fourth-order valence-electron chi connectivity index (χ4n) is 5.87. The number of imide groups is 1. The Morgan fingerprint density at radius 3 is 2.63 bits per heavy atom. The predicted octanol–water partition coefficient (Wildman–Crippen LogP) is 3.50. The fraction of sp³-hybridized carbons (Fsp3) is 0.400. The van der Waals surface area contributed by atoms with Gasteiger partial charge in [0.2, 0.25) is 17.7 Å². The molecule has 5 rings (SSSR count). The summed E-state index contributed by atoms with van der Waals surface area (Å²) < 4.78 is 0. The average molecular weight is 624 g/mol. The van der Waals surface area contributed by atoms with Crippen molar-refractivity contribution < 1.29 is 19.2 Å². The van der Waals surface area contributed by atoms with Crippen molar-refractivity contribution in [2.24, 2.45) is 10.7 Å². The average Bonchev–Trinajstić information content (AvgIpc) is 3.08. The number of nitrogens with one attached hydrogen (secondary N) is 2. The van der Waals surface area contributed by atoms with E-state index in [1.807, 2.05) is 47.4 Å². The Morgan fingerprint density at radius 1 is 1.07 bits per heavy atom. The Hall–Kier alpha value is -4.77. The van der Waals surface area contributed by atoms with Gasteiger partial charge in [-0.05, 0) is 67.9 Å². The second kappa shape index (κ2) is 16.0. The molecule has 2 aromatic carbocycles. The van der Waals surface area contributed by atoms with Crippen molar-refractivity contribution in [2.75, 3.05) is 13.1 Å². The number of carbonyl (C=O) groups excluding carboxylic acids is 4. The van der Waals surface area contributed by atoms with Crippen LogP contribution >= 0.6 is 0 Å². The molecule has 11 heteroatoms. The van der Waals surface area contributed by atoms with Crippen molar-refractivity contribution in [1.82, 2.24) is 25.5 Å². The highest BCUT2D eigenvalue weighted by Crippen LogP contribution is 2.19. The number of carbonyl (C=O) groups is 4. The van der Waals surface area contributed by atoms with Gasteiger partial charge in [0.05, 0.1) is 35.0 Å². The molecular weight excluding hydrogens is 582 g/mol. The number of para-hydroxylation sites is 2. The van der Waals surface area contributed by atoms with Crippen molar-refractivity contribution in [3.8, 4) is 0 Å². The standard InChI is InChI=1S/C35H41N7O4/c36-19-27(32-22-39-29-7-4-5-8-30(29)40-32)21-37-28-14-16-42(17-15-28)34(45)9-3-1-2-6-24-10-11-25(26(18-24)23-43)20-38-31-12-13-33(44)41-35(31)46/h4-5,7-8,10-11,18-19,21-23,28,31,38H,1-3,6,9,12-17,20,36H2,(H,41,44,46). The number of likely N-dealkylation sites (tertiary alicyclic amines) is 1. The lowest BCUT2D eigenvalue weighted by Crippen LogP contribution is -2.50. The molecule has 4 N–H and O–H groups in total. The Kier molecular flexibility index (Phi) is 11.3. The molecule has 3 amide bonds. The second-order valence-electron chi connectivity index (χ2n) is 11.9. The minimum absolute atomic E-state index is 0.128. The van der Waals surface area contributed by atoms with Gasteiger partial charge < -0.3 is 16.0 Å². The van der Waals surface area contributed by atoms with Gasteiger partial charge in [-0.1, -0.05) is 30.7 Å². The molecule has 0 bridgehead atoms. The first-order valence-electron chi connectivity index (χ1n) is 16.0. The van der Waals surface area contributed by atoms with E-state index in [4.69, 9.17) is 10.7 Å². The monoisotopic (exact) mass is 623 g/mol. The number of unbranched alkanes of at least 4 members (excludes halogenated alkanes) is 2. The molecule has 240 valence electrons. The lowest BCUT2D eigenvalue weighted by Gasteiger charge is -2.30. The van der Waals surface area contributed by atoms with E-state index in [1.165, 1.54) is 6.20 Å². The number of allylic oxidation sites excluding steroid dienone is 1. The summed E-state index contributed by atoms with van der Waals surface area (Å²) in [6.07, 6.45) is 12.2. The molecule has 2 aliphatic heterocycles. The third kappa shape index (κ3) is 8.69. The highest BCUT2D eigenvalue weighted by atomic mass is 16.2. The molecule has 2 aliphatic rings. The lowest BCUT2D eigenvalue weighted by molar-refractivity contribution is -0.135. The van der Waals surface area contributed by atoms with Gasteiger partial charge in [0.15, 0.2) is 0 Å². The van der Waals surface area contributed by atoms with Gasteiger partial charge in [-0.15, -0.1) is 0 Å². The van der Waals surface area contributed by atoms with Gasteiger partial charge in [0, 0.05) is 56.0 Å². The number of piperidine rings is 2.